The van der Waals surface area contributed by atoms with E-state index < -0.39 is 5.41 Å². The van der Waals surface area contributed by atoms with Crippen LogP contribution in [0, 0.1) is 5.41 Å². The number of aldehydes is 1. The van der Waals surface area contributed by atoms with Crippen molar-refractivity contribution >= 4 is 33.8 Å². The van der Waals surface area contributed by atoms with Gasteiger partial charge in [-0.2, -0.15) is 5.10 Å². The number of likely N-dealkylation sites (tertiary alicyclic amines) is 1. The van der Waals surface area contributed by atoms with Gasteiger partial charge in [0.2, 0.25) is 0 Å². The molecule has 0 aliphatic carbocycles. The number of amides is 1. The van der Waals surface area contributed by atoms with Gasteiger partial charge in [0.25, 0.3) is 5.91 Å². The normalized spacial score (nSPS) is 20.1. The summed E-state index contributed by atoms with van der Waals surface area (Å²) in [7, 11) is 3.21. The van der Waals surface area contributed by atoms with Gasteiger partial charge < -0.3 is 19.2 Å². The van der Waals surface area contributed by atoms with Gasteiger partial charge in [-0.3, -0.25) is 9.80 Å². The van der Waals surface area contributed by atoms with Gasteiger partial charge in [0.05, 0.1) is 26.0 Å². The first-order valence-corrected chi connectivity index (χ1v) is 12.2. The molecular formula is C26H30BrN3O4. The van der Waals surface area contributed by atoms with E-state index in [4.69, 9.17) is 14.6 Å². The molecule has 2 aliphatic rings. The van der Waals surface area contributed by atoms with Crippen molar-refractivity contribution in [1.29, 1.82) is 0 Å². The fourth-order valence-corrected chi connectivity index (χ4v) is 5.10. The summed E-state index contributed by atoms with van der Waals surface area (Å²) in [4.78, 5) is 27.0. The van der Waals surface area contributed by atoms with Crippen molar-refractivity contribution in [2.45, 2.75) is 38.8 Å². The fraction of sp³-hybridized carbons (Fsp3) is 0.423. The van der Waals surface area contributed by atoms with E-state index in [9.17, 15) is 9.59 Å². The Morgan fingerprint density at radius 1 is 1.06 bits per heavy atom. The molecule has 8 heteroatoms. The van der Waals surface area contributed by atoms with Gasteiger partial charge in [-0.15, -0.1) is 0 Å². The lowest BCUT2D eigenvalue weighted by Crippen LogP contribution is -2.50. The molecule has 2 heterocycles. The van der Waals surface area contributed by atoms with E-state index in [0.717, 1.165) is 34.9 Å². The SMILES string of the molecule is COc1ccc(C2=NN(C3CCN(C(=O)c4ccc(Br)cc4)CC3)C(C=O)C2(C)C)cc1OC. The van der Waals surface area contributed by atoms with E-state index in [1.54, 1.807) is 14.2 Å². The van der Waals surface area contributed by atoms with Crippen LogP contribution in [0.4, 0.5) is 0 Å². The van der Waals surface area contributed by atoms with Gasteiger partial charge in [-0.05, 0) is 55.3 Å². The number of halogens is 1. The molecule has 1 saturated heterocycles. The molecule has 0 aromatic heterocycles. The average molecular weight is 528 g/mol. The first-order valence-electron chi connectivity index (χ1n) is 11.4. The third-order valence-corrected chi connectivity index (χ3v) is 7.38. The summed E-state index contributed by atoms with van der Waals surface area (Å²) in [5.41, 5.74) is 1.95. The molecular weight excluding hydrogens is 498 g/mol. The summed E-state index contributed by atoms with van der Waals surface area (Å²) in [6.45, 7) is 5.36. The van der Waals surface area contributed by atoms with Gasteiger partial charge in [0.1, 0.15) is 12.3 Å². The summed E-state index contributed by atoms with van der Waals surface area (Å²) < 4.78 is 11.8. The largest absolute Gasteiger partial charge is 0.493 e. The Balaban J connectivity index is 1.53. The number of benzene rings is 2. The maximum atomic E-state index is 12.9. The lowest BCUT2D eigenvalue weighted by Gasteiger charge is -2.39. The number of piperidine rings is 1. The molecule has 0 saturated carbocycles. The zero-order chi connectivity index (χ0) is 24.5. The van der Waals surface area contributed by atoms with Crippen LogP contribution >= 0.6 is 15.9 Å². The van der Waals surface area contributed by atoms with E-state index in [2.05, 4.69) is 15.9 Å². The quantitative estimate of drug-likeness (QED) is 0.521. The molecule has 7 nitrogen and oxygen atoms in total. The minimum atomic E-state index is -0.480. The number of hydrazone groups is 1. The molecule has 2 aromatic rings. The monoisotopic (exact) mass is 527 g/mol. The van der Waals surface area contributed by atoms with Crippen molar-refractivity contribution in [3.05, 3.63) is 58.1 Å². The average Bonchev–Trinajstić information content (AvgIpc) is 3.13. The molecule has 1 atom stereocenters. The van der Waals surface area contributed by atoms with E-state index in [1.165, 1.54) is 0 Å². The molecule has 34 heavy (non-hydrogen) atoms. The van der Waals surface area contributed by atoms with Crippen LogP contribution in [0.15, 0.2) is 52.0 Å². The van der Waals surface area contributed by atoms with Gasteiger partial charge in [0.15, 0.2) is 11.5 Å². The third kappa shape index (κ3) is 4.43. The highest BCUT2D eigenvalue weighted by molar-refractivity contribution is 9.10. The van der Waals surface area contributed by atoms with Gasteiger partial charge >= 0.3 is 0 Å². The van der Waals surface area contributed by atoms with Crippen molar-refractivity contribution in [1.82, 2.24) is 9.91 Å². The number of nitrogens with zero attached hydrogens (tertiary/aromatic N) is 3. The second kappa shape index (κ2) is 9.78. The second-order valence-corrected chi connectivity index (χ2v) is 10.1. The Morgan fingerprint density at radius 2 is 1.71 bits per heavy atom. The molecule has 1 fully saturated rings. The molecule has 1 unspecified atom stereocenters. The number of hydrogen-bond donors (Lipinski definition) is 0. The summed E-state index contributed by atoms with van der Waals surface area (Å²) in [5.74, 6) is 1.31. The first kappa shape index (κ1) is 24.3. The predicted molar refractivity (Wildman–Crippen MR) is 135 cm³/mol. The van der Waals surface area contributed by atoms with Crippen LogP contribution in [0.3, 0.4) is 0 Å². The van der Waals surface area contributed by atoms with Gasteiger partial charge in [0, 0.05) is 34.1 Å². The number of hydrogen-bond acceptors (Lipinski definition) is 6. The van der Waals surface area contributed by atoms with E-state index >= 15 is 0 Å². The van der Waals surface area contributed by atoms with E-state index in [0.29, 0.717) is 30.2 Å². The van der Waals surface area contributed by atoms with Crippen LogP contribution in [0.1, 0.15) is 42.6 Å². The van der Waals surface area contributed by atoms with E-state index in [1.807, 2.05) is 66.2 Å². The minimum absolute atomic E-state index is 0.0363. The van der Waals surface area contributed by atoms with Crippen molar-refractivity contribution < 1.29 is 19.1 Å². The molecule has 4 rings (SSSR count). The van der Waals surface area contributed by atoms with Gasteiger partial charge in [-0.1, -0.05) is 29.8 Å². The maximum Gasteiger partial charge on any atom is 0.253 e. The molecule has 0 bridgehead atoms. The number of carbonyl (C=O) groups excluding carboxylic acids is 2. The highest BCUT2D eigenvalue weighted by Crippen LogP contribution is 2.40. The molecule has 1 amide bonds. The van der Waals surface area contributed by atoms with Crippen LogP contribution in [-0.4, -0.2) is 67.2 Å². The lowest BCUT2D eigenvalue weighted by atomic mass is 9.78. The van der Waals surface area contributed by atoms with Crippen molar-refractivity contribution in [2.24, 2.45) is 10.5 Å². The van der Waals surface area contributed by atoms with Crippen LogP contribution < -0.4 is 9.47 Å². The zero-order valence-electron chi connectivity index (χ0n) is 20.0. The van der Waals surface area contributed by atoms with Crippen molar-refractivity contribution in [3.63, 3.8) is 0 Å². The lowest BCUT2D eigenvalue weighted by molar-refractivity contribution is -0.115. The van der Waals surface area contributed by atoms with Crippen molar-refractivity contribution in [2.75, 3.05) is 27.3 Å². The molecule has 180 valence electrons. The Bertz CT molecular complexity index is 1090. The number of methoxy groups -OCH3 is 2. The summed E-state index contributed by atoms with van der Waals surface area (Å²) >= 11 is 3.41. The summed E-state index contributed by atoms with van der Waals surface area (Å²) in [5, 5.41) is 6.93. The molecule has 2 aliphatic heterocycles. The molecule has 0 spiro atoms. The Hall–Kier alpha value is -2.87. The first-order chi connectivity index (χ1) is 16.3. The smallest absolute Gasteiger partial charge is 0.253 e. The Labute approximate surface area is 208 Å². The maximum absolute atomic E-state index is 12.9. The van der Waals surface area contributed by atoms with Crippen LogP contribution in [0.2, 0.25) is 0 Å². The van der Waals surface area contributed by atoms with Crippen LogP contribution in [0.5, 0.6) is 11.5 Å². The molecule has 0 radical (unpaired) electrons. The summed E-state index contributed by atoms with van der Waals surface area (Å²) in [6, 6.07) is 12.9. The highest BCUT2D eigenvalue weighted by Gasteiger charge is 2.47. The number of carbonyl (C=O) groups is 2. The van der Waals surface area contributed by atoms with Crippen molar-refractivity contribution in [3.8, 4) is 11.5 Å². The summed E-state index contributed by atoms with van der Waals surface area (Å²) in [6.07, 6.45) is 2.51. The highest BCUT2D eigenvalue weighted by atomic mass is 79.9. The third-order valence-electron chi connectivity index (χ3n) is 6.85. The standard InChI is InChI=1S/C26H30BrN3O4/c1-26(2)23(16-31)30(28-24(26)18-7-10-21(33-3)22(15-18)34-4)20-11-13-29(14-12-20)25(32)17-5-8-19(27)9-6-17/h5-10,15-16,20,23H,11-14H2,1-4H3. The molecule has 2 aromatic carbocycles. The van der Waals surface area contributed by atoms with E-state index in [-0.39, 0.29) is 18.0 Å². The Morgan fingerprint density at radius 3 is 2.29 bits per heavy atom. The number of ether oxygens (including phenoxy) is 2. The minimum Gasteiger partial charge on any atom is -0.493 e. The second-order valence-electron chi connectivity index (χ2n) is 9.23. The number of rotatable bonds is 6. The van der Waals surface area contributed by atoms with Crippen LogP contribution in [0.25, 0.3) is 0 Å². The van der Waals surface area contributed by atoms with Gasteiger partial charge in [-0.25, -0.2) is 0 Å². The fourth-order valence-electron chi connectivity index (χ4n) is 4.84. The zero-order valence-corrected chi connectivity index (χ0v) is 21.5. The predicted octanol–water partition coefficient (Wildman–Crippen LogP) is 4.38. The topological polar surface area (TPSA) is 71.4 Å². The Kier molecular flexibility index (Phi) is 6.98. The van der Waals surface area contributed by atoms with Crippen LogP contribution in [-0.2, 0) is 4.79 Å². The molecule has 0 N–H and O–H groups in total.